The van der Waals surface area contributed by atoms with Crippen LogP contribution < -0.4 is 5.32 Å². The van der Waals surface area contributed by atoms with Gasteiger partial charge in [-0.1, -0.05) is 20.3 Å². The summed E-state index contributed by atoms with van der Waals surface area (Å²) in [5.41, 5.74) is 0.507. The summed E-state index contributed by atoms with van der Waals surface area (Å²) in [7, 11) is 0. The number of halogens is 1. The van der Waals surface area contributed by atoms with Gasteiger partial charge in [-0.05, 0) is 58.8 Å². The highest BCUT2D eigenvalue weighted by molar-refractivity contribution is 9.10. The fourth-order valence-electron chi connectivity index (χ4n) is 2.93. The molecule has 3 nitrogen and oxygen atoms in total. The molecule has 1 fully saturated rings. The Morgan fingerprint density at radius 1 is 1.47 bits per heavy atom. The van der Waals surface area contributed by atoms with E-state index in [-0.39, 0.29) is 17.7 Å². The number of hydrogen-bond acceptors (Lipinski definition) is 2. The first-order valence-corrected chi connectivity index (χ1v) is 7.61. The molecule has 0 bridgehead atoms. The second-order valence-corrected chi connectivity index (χ2v) is 6.21. The van der Waals surface area contributed by atoms with Crippen LogP contribution in [0.25, 0.3) is 0 Å². The van der Waals surface area contributed by atoms with Crippen LogP contribution in [0.1, 0.15) is 43.5 Å². The predicted molar refractivity (Wildman–Crippen MR) is 79.2 cm³/mol. The van der Waals surface area contributed by atoms with Crippen molar-refractivity contribution in [2.24, 2.45) is 11.8 Å². The van der Waals surface area contributed by atoms with Gasteiger partial charge >= 0.3 is 0 Å². The van der Waals surface area contributed by atoms with Crippen LogP contribution in [0.2, 0.25) is 0 Å². The number of aromatic hydroxyl groups is 1. The minimum absolute atomic E-state index is 0.0959. The van der Waals surface area contributed by atoms with Crippen LogP contribution in [0.4, 0.5) is 0 Å². The SMILES string of the molecule is CCC1CCC(NC(=O)c2ccc(Br)c(O)c2)C1C. The Labute approximate surface area is 122 Å². The molecule has 0 aliphatic heterocycles. The molecule has 3 unspecified atom stereocenters. The van der Waals surface area contributed by atoms with Crippen LogP contribution in [-0.4, -0.2) is 17.1 Å². The Morgan fingerprint density at radius 3 is 2.79 bits per heavy atom. The molecule has 0 spiro atoms. The summed E-state index contributed by atoms with van der Waals surface area (Å²) >= 11 is 3.21. The van der Waals surface area contributed by atoms with Crippen LogP contribution in [0, 0.1) is 11.8 Å². The number of rotatable bonds is 3. The summed E-state index contributed by atoms with van der Waals surface area (Å²) in [5.74, 6) is 1.23. The molecule has 1 aromatic rings. The maximum absolute atomic E-state index is 12.2. The lowest BCUT2D eigenvalue weighted by molar-refractivity contribution is 0.0926. The van der Waals surface area contributed by atoms with Crippen molar-refractivity contribution in [1.82, 2.24) is 5.32 Å². The molecule has 2 N–H and O–H groups in total. The van der Waals surface area contributed by atoms with E-state index < -0.39 is 0 Å². The molecule has 2 rings (SSSR count). The third kappa shape index (κ3) is 3.11. The van der Waals surface area contributed by atoms with E-state index >= 15 is 0 Å². The zero-order chi connectivity index (χ0) is 14.0. The summed E-state index contributed by atoms with van der Waals surface area (Å²) in [6, 6.07) is 5.16. The van der Waals surface area contributed by atoms with Gasteiger partial charge in [0.1, 0.15) is 5.75 Å². The van der Waals surface area contributed by atoms with Gasteiger partial charge in [-0.15, -0.1) is 0 Å². The van der Waals surface area contributed by atoms with Gasteiger partial charge in [0.05, 0.1) is 4.47 Å². The van der Waals surface area contributed by atoms with Gasteiger partial charge in [0.2, 0.25) is 0 Å². The van der Waals surface area contributed by atoms with Crippen LogP contribution in [0.3, 0.4) is 0 Å². The second kappa shape index (κ2) is 5.95. The second-order valence-electron chi connectivity index (χ2n) is 5.35. The Hall–Kier alpha value is -1.03. The summed E-state index contributed by atoms with van der Waals surface area (Å²) in [5, 5.41) is 12.7. The number of nitrogens with one attached hydrogen (secondary N) is 1. The quantitative estimate of drug-likeness (QED) is 0.890. The normalized spacial score (nSPS) is 26.4. The average molecular weight is 326 g/mol. The molecule has 4 heteroatoms. The van der Waals surface area contributed by atoms with E-state index in [1.807, 2.05) is 0 Å². The molecule has 1 aromatic carbocycles. The van der Waals surface area contributed by atoms with Gasteiger partial charge < -0.3 is 10.4 Å². The Bertz CT molecular complexity index is 475. The number of phenolic OH excluding ortho intramolecular Hbond substituents is 1. The summed E-state index contributed by atoms with van der Waals surface area (Å²) < 4.78 is 0.601. The van der Waals surface area contributed by atoms with Crippen molar-refractivity contribution in [3.8, 4) is 5.75 Å². The van der Waals surface area contributed by atoms with Crippen molar-refractivity contribution in [2.45, 2.75) is 39.2 Å². The van der Waals surface area contributed by atoms with Gasteiger partial charge in [0.25, 0.3) is 5.91 Å². The van der Waals surface area contributed by atoms with Gasteiger partial charge in [0, 0.05) is 11.6 Å². The lowest BCUT2D eigenvalue weighted by Crippen LogP contribution is -2.37. The molecule has 0 aromatic heterocycles. The van der Waals surface area contributed by atoms with Crippen molar-refractivity contribution in [2.75, 3.05) is 0 Å². The monoisotopic (exact) mass is 325 g/mol. The van der Waals surface area contributed by atoms with E-state index in [1.54, 1.807) is 12.1 Å². The summed E-state index contributed by atoms with van der Waals surface area (Å²) in [6.45, 7) is 4.42. The van der Waals surface area contributed by atoms with E-state index in [0.29, 0.717) is 21.9 Å². The maximum Gasteiger partial charge on any atom is 0.251 e. The molecule has 19 heavy (non-hydrogen) atoms. The molecular weight excluding hydrogens is 306 g/mol. The molecule has 1 aliphatic carbocycles. The first kappa shape index (κ1) is 14.4. The Kier molecular flexibility index (Phi) is 4.50. The van der Waals surface area contributed by atoms with E-state index in [4.69, 9.17) is 0 Å². The highest BCUT2D eigenvalue weighted by Gasteiger charge is 2.32. The minimum Gasteiger partial charge on any atom is -0.507 e. The number of phenols is 1. The topological polar surface area (TPSA) is 49.3 Å². The molecule has 0 saturated heterocycles. The Balaban J connectivity index is 2.03. The number of amides is 1. The molecule has 0 radical (unpaired) electrons. The smallest absolute Gasteiger partial charge is 0.251 e. The van der Waals surface area contributed by atoms with Crippen molar-refractivity contribution < 1.29 is 9.90 Å². The minimum atomic E-state index is -0.101. The fraction of sp³-hybridized carbons (Fsp3) is 0.533. The predicted octanol–water partition coefficient (Wildman–Crippen LogP) is 3.71. The fourth-order valence-corrected chi connectivity index (χ4v) is 3.18. The Morgan fingerprint density at radius 2 is 2.21 bits per heavy atom. The van der Waals surface area contributed by atoms with Crippen molar-refractivity contribution >= 4 is 21.8 Å². The van der Waals surface area contributed by atoms with E-state index in [0.717, 1.165) is 6.42 Å². The van der Waals surface area contributed by atoms with Gasteiger partial charge in [0.15, 0.2) is 0 Å². The van der Waals surface area contributed by atoms with E-state index in [2.05, 4.69) is 35.1 Å². The molecule has 1 aliphatic rings. The van der Waals surface area contributed by atoms with Gasteiger partial charge in [-0.3, -0.25) is 4.79 Å². The molecule has 0 heterocycles. The third-order valence-electron chi connectivity index (χ3n) is 4.28. The van der Waals surface area contributed by atoms with Crippen LogP contribution in [-0.2, 0) is 0 Å². The first-order chi connectivity index (χ1) is 9.02. The number of carbonyl (C=O) groups excluding carboxylic acids is 1. The van der Waals surface area contributed by atoms with Gasteiger partial charge in [-0.2, -0.15) is 0 Å². The maximum atomic E-state index is 12.2. The van der Waals surface area contributed by atoms with Crippen molar-refractivity contribution in [1.29, 1.82) is 0 Å². The third-order valence-corrected chi connectivity index (χ3v) is 4.95. The van der Waals surface area contributed by atoms with Crippen molar-refractivity contribution in [3.63, 3.8) is 0 Å². The van der Waals surface area contributed by atoms with Crippen molar-refractivity contribution in [3.05, 3.63) is 28.2 Å². The lowest BCUT2D eigenvalue weighted by atomic mass is 9.93. The van der Waals surface area contributed by atoms with E-state index in [9.17, 15) is 9.90 Å². The number of carbonyl (C=O) groups is 1. The lowest BCUT2D eigenvalue weighted by Gasteiger charge is -2.21. The largest absolute Gasteiger partial charge is 0.507 e. The zero-order valence-corrected chi connectivity index (χ0v) is 12.9. The van der Waals surface area contributed by atoms with Gasteiger partial charge in [-0.25, -0.2) is 0 Å². The number of hydrogen-bond donors (Lipinski definition) is 2. The first-order valence-electron chi connectivity index (χ1n) is 6.82. The van der Waals surface area contributed by atoms with Crippen LogP contribution in [0.15, 0.2) is 22.7 Å². The number of benzene rings is 1. The average Bonchev–Trinajstić information content (AvgIpc) is 2.73. The highest BCUT2D eigenvalue weighted by Crippen LogP contribution is 2.34. The molecular formula is C15H20BrNO2. The molecule has 3 atom stereocenters. The summed E-state index contributed by atoms with van der Waals surface area (Å²) in [4.78, 5) is 12.2. The zero-order valence-electron chi connectivity index (χ0n) is 11.3. The summed E-state index contributed by atoms with van der Waals surface area (Å²) in [6.07, 6.45) is 3.41. The van der Waals surface area contributed by atoms with Crippen LogP contribution >= 0.6 is 15.9 Å². The van der Waals surface area contributed by atoms with E-state index in [1.165, 1.54) is 18.9 Å². The van der Waals surface area contributed by atoms with Crippen LogP contribution in [0.5, 0.6) is 5.75 Å². The highest BCUT2D eigenvalue weighted by atomic mass is 79.9. The molecule has 1 amide bonds. The molecule has 104 valence electrons. The standard InChI is InChI=1S/C15H20BrNO2/c1-3-10-5-7-13(9(10)2)17-15(19)11-4-6-12(16)14(18)8-11/h4,6,8-10,13,18H,3,5,7H2,1-2H3,(H,17,19). The molecule has 1 saturated carbocycles.